The number of thioether (sulfide) groups is 1. The van der Waals surface area contributed by atoms with Gasteiger partial charge in [-0.2, -0.15) is 0 Å². The number of fused-ring (bicyclic) bond motifs is 1. The maximum Gasteiger partial charge on any atom is 0.113 e. The number of ether oxygens (including phenoxy) is 1. The van der Waals surface area contributed by atoms with Crippen molar-refractivity contribution in [3.63, 3.8) is 0 Å². The Kier molecular flexibility index (Phi) is 2.65. The number of hydrogen-bond donors (Lipinski definition) is 0. The summed E-state index contributed by atoms with van der Waals surface area (Å²) in [5.74, 6) is 0.667. The molecule has 2 rings (SSSR count). The summed E-state index contributed by atoms with van der Waals surface area (Å²) in [5, 5.41) is 2.08. The van der Waals surface area contributed by atoms with Crippen LogP contribution in [0.1, 0.15) is 33.1 Å². The van der Waals surface area contributed by atoms with E-state index in [1.54, 1.807) is 0 Å². The van der Waals surface area contributed by atoms with Gasteiger partial charge in [0.1, 0.15) is 6.10 Å². The van der Waals surface area contributed by atoms with Crippen LogP contribution in [0.3, 0.4) is 0 Å². The first-order valence-corrected chi connectivity index (χ1v) is 6.13. The molecule has 0 amide bonds. The summed E-state index contributed by atoms with van der Waals surface area (Å²) in [4.78, 5) is 0. The van der Waals surface area contributed by atoms with Gasteiger partial charge in [0.15, 0.2) is 0 Å². The molecule has 0 bridgehead atoms. The van der Waals surface area contributed by atoms with Gasteiger partial charge in [-0.15, -0.1) is 11.8 Å². The molecule has 1 saturated carbocycles. The van der Waals surface area contributed by atoms with Gasteiger partial charge in [0.2, 0.25) is 0 Å². The van der Waals surface area contributed by atoms with Crippen molar-refractivity contribution in [1.82, 2.24) is 0 Å². The standard InChI is InChI=1S/C12H18OS/c1-9(2)10-4-5-12(3)11(8-10)13-6-7-14-12/h6-7,10-11H,1,4-5,8H2,2-3H3/t10-,11-,12+/m1/s1. The molecule has 0 unspecified atom stereocenters. The van der Waals surface area contributed by atoms with E-state index in [2.05, 4.69) is 25.8 Å². The molecule has 2 heteroatoms. The lowest BCUT2D eigenvalue weighted by Gasteiger charge is -2.44. The van der Waals surface area contributed by atoms with Gasteiger partial charge in [-0.25, -0.2) is 0 Å². The molecule has 0 N–H and O–H groups in total. The molecule has 1 heterocycles. The maximum absolute atomic E-state index is 5.72. The molecule has 1 aliphatic heterocycles. The van der Waals surface area contributed by atoms with Crippen molar-refractivity contribution in [1.29, 1.82) is 0 Å². The molecule has 0 spiro atoms. The first kappa shape index (κ1) is 10.2. The van der Waals surface area contributed by atoms with Gasteiger partial charge >= 0.3 is 0 Å². The van der Waals surface area contributed by atoms with Gasteiger partial charge in [0.05, 0.1) is 11.0 Å². The van der Waals surface area contributed by atoms with Crippen LogP contribution in [-0.2, 0) is 4.74 Å². The van der Waals surface area contributed by atoms with Crippen LogP contribution in [0.15, 0.2) is 23.8 Å². The molecule has 0 radical (unpaired) electrons. The molecular formula is C12H18OS. The van der Waals surface area contributed by atoms with E-state index >= 15 is 0 Å². The summed E-state index contributed by atoms with van der Waals surface area (Å²) in [5.41, 5.74) is 1.32. The summed E-state index contributed by atoms with van der Waals surface area (Å²) in [7, 11) is 0. The third-order valence-electron chi connectivity index (χ3n) is 3.50. The predicted molar refractivity (Wildman–Crippen MR) is 62.2 cm³/mol. The minimum atomic E-state index is 0.306. The van der Waals surface area contributed by atoms with Crippen molar-refractivity contribution in [2.75, 3.05) is 0 Å². The number of rotatable bonds is 1. The van der Waals surface area contributed by atoms with Gasteiger partial charge < -0.3 is 4.74 Å². The molecule has 0 saturated heterocycles. The summed E-state index contributed by atoms with van der Waals surface area (Å²) < 4.78 is 6.03. The van der Waals surface area contributed by atoms with Gasteiger partial charge in [-0.1, -0.05) is 12.2 Å². The Hall–Kier alpha value is -0.370. The minimum Gasteiger partial charge on any atom is -0.496 e. The van der Waals surface area contributed by atoms with Crippen LogP contribution in [0.4, 0.5) is 0 Å². The van der Waals surface area contributed by atoms with Crippen molar-refractivity contribution in [2.45, 2.75) is 44.0 Å². The lowest BCUT2D eigenvalue weighted by molar-refractivity contribution is 0.0590. The summed E-state index contributed by atoms with van der Waals surface area (Å²) in [6, 6.07) is 0. The van der Waals surface area contributed by atoms with Gasteiger partial charge in [-0.3, -0.25) is 0 Å². The molecule has 0 aromatic carbocycles. The molecule has 1 aliphatic carbocycles. The predicted octanol–water partition coefficient (Wildman–Crippen LogP) is 3.72. The van der Waals surface area contributed by atoms with E-state index in [1.165, 1.54) is 18.4 Å². The van der Waals surface area contributed by atoms with E-state index in [-0.39, 0.29) is 0 Å². The lowest BCUT2D eigenvalue weighted by atomic mass is 9.77. The minimum absolute atomic E-state index is 0.306. The van der Waals surface area contributed by atoms with Crippen molar-refractivity contribution >= 4 is 11.8 Å². The van der Waals surface area contributed by atoms with Crippen LogP contribution in [0.2, 0.25) is 0 Å². The fourth-order valence-electron chi connectivity index (χ4n) is 2.34. The van der Waals surface area contributed by atoms with Gasteiger partial charge in [0, 0.05) is 5.41 Å². The smallest absolute Gasteiger partial charge is 0.113 e. The zero-order valence-corrected chi connectivity index (χ0v) is 9.77. The van der Waals surface area contributed by atoms with E-state index in [1.807, 2.05) is 18.0 Å². The fourth-order valence-corrected chi connectivity index (χ4v) is 3.31. The molecule has 0 aromatic heterocycles. The topological polar surface area (TPSA) is 9.23 Å². The molecule has 1 nitrogen and oxygen atoms in total. The summed E-state index contributed by atoms with van der Waals surface area (Å²) in [6.07, 6.45) is 5.88. The van der Waals surface area contributed by atoms with Crippen LogP contribution in [0.25, 0.3) is 0 Å². The monoisotopic (exact) mass is 210 g/mol. The molecule has 0 aromatic rings. The van der Waals surface area contributed by atoms with Gasteiger partial charge in [0.25, 0.3) is 0 Å². The Morgan fingerprint density at radius 1 is 1.64 bits per heavy atom. The second-order valence-electron chi connectivity index (χ2n) is 4.65. The van der Waals surface area contributed by atoms with E-state index in [0.717, 1.165) is 6.42 Å². The average molecular weight is 210 g/mol. The molecular weight excluding hydrogens is 192 g/mol. The molecule has 2 aliphatic rings. The fraction of sp³-hybridized carbons (Fsp3) is 0.667. The Balaban J connectivity index is 2.10. The Morgan fingerprint density at radius 3 is 3.14 bits per heavy atom. The summed E-state index contributed by atoms with van der Waals surface area (Å²) in [6.45, 7) is 8.52. The van der Waals surface area contributed by atoms with Crippen LogP contribution in [0, 0.1) is 5.92 Å². The third kappa shape index (κ3) is 1.72. The highest BCUT2D eigenvalue weighted by Crippen LogP contribution is 2.47. The Morgan fingerprint density at radius 2 is 2.43 bits per heavy atom. The van der Waals surface area contributed by atoms with Crippen LogP contribution < -0.4 is 0 Å². The highest BCUT2D eigenvalue weighted by Gasteiger charge is 2.42. The third-order valence-corrected chi connectivity index (χ3v) is 4.75. The highest BCUT2D eigenvalue weighted by molar-refractivity contribution is 8.03. The van der Waals surface area contributed by atoms with Crippen LogP contribution in [-0.4, -0.2) is 10.9 Å². The normalized spacial score (nSPS) is 41.3. The zero-order valence-electron chi connectivity index (χ0n) is 8.95. The van der Waals surface area contributed by atoms with E-state index in [0.29, 0.717) is 16.8 Å². The average Bonchev–Trinajstić information content (AvgIpc) is 2.16. The molecule has 1 fully saturated rings. The Bertz CT molecular complexity index is 271. The molecule has 3 atom stereocenters. The maximum atomic E-state index is 5.72. The van der Waals surface area contributed by atoms with E-state index < -0.39 is 0 Å². The van der Waals surface area contributed by atoms with Crippen molar-refractivity contribution in [3.8, 4) is 0 Å². The second-order valence-corrected chi connectivity index (χ2v) is 6.09. The van der Waals surface area contributed by atoms with Crippen molar-refractivity contribution < 1.29 is 4.74 Å². The number of hydrogen-bond acceptors (Lipinski definition) is 2. The van der Waals surface area contributed by atoms with E-state index in [4.69, 9.17) is 4.74 Å². The van der Waals surface area contributed by atoms with Crippen molar-refractivity contribution in [2.24, 2.45) is 5.92 Å². The largest absolute Gasteiger partial charge is 0.496 e. The Labute approximate surface area is 90.6 Å². The van der Waals surface area contributed by atoms with Crippen LogP contribution >= 0.6 is 11.8 Å². The summed E-state index contributed by atoms with van der Waals surface area (Å²) >= 11 is 1.93. The molecule has 78 valence electrons. The first-order valence-electron chi connectivity index (χ1n) is 5.25. The highest BCUT2D eigenvalue weighted by atomic mass is 32.2. The lowest BCUT2D eigenvalue weighted by Crippen LogP contribution is -2.44. The van der Waals surface area contributed by atoms with Crippen LogP contribution in [0.5, 0.6) is 0 Å². The quantitative estimate of drug-likeness (QED) is 0.610. The van der Waals surface area contributed by atoms with E-state index in [9.17, 15) is 0 Å². The van der Waals surface area contributed by atoms with Gasteiger partial charge in [-0.05, 0) is 39.0 Å². The SMILES string of the molecule is C=C(C)[C@@H]1CC[C@]2(C)SC=CO[C@@H]2C1. The number of allylic oxidation sites excluding steroid dienone is 1. The first-order chi connectivity index (χ1) is 6.62. The zero-order chi connectivity index (χ0) is 10.2. The molecule has 14 heavy (non-hydrogen) atoms. The second kappa shape index (κ2) is 3.65. The van der Waals surface area contributed by atoms with Crippen molar-refractivity contribution in [3.05, 3.63) is 23.8 Å².